The summed E-state index contributed by atoms with van der Waals surface area (Å²) in [5.41, 5.74) is 0.644. The van der Waals surface area contributed by atoms with E-state index in [2.05, 4.69) is 11.6 Å². The van der Waals surface area contributed by atoms with E-state index in [4.69, 9.17) is 9.84 Å². The molecule has 0 spiro atoms. The van der Waals surface area contributed by atoms with Crippen LogP contribution >= 0.6 is 0 Å². The quantitative estimate of drug-likeness (QED) is 0.519. The number of carboxylic acid groups (broad SMARTS) is 1. The number of benzene rings is 1. The highest BCUT2D eigenvalue weighted by Crippen LogP contribution is 2.31. The largest absolute Gasteiger partial charge is 0.489 e. The highest BCUT2D eigenvalue weighted by atomic mass is 16.5. The van der Waals surface area contributed by atoms with Gasteiger partial charge in [-0.15, -0.1) is 0 Å². The molecule has 6 heteroatoms. The van der Waals surface area contributed by atoms with Gasteiger partial charge in [0.05, 0.1) is 5.52 Å². The second-order valence-electron chi connectivity index (χ2n) is 3.65. The Bertz CT molecular complexity index is 696. The molecule has 2 aromatic rings. The van der Waals surface area contributed by atoms with Crippen LogP contribution in [0.2, 0.25) is 0 Å². The summed E-state index contributed by atoms with van der Waals surface area (Å²) in [6, 6.07) is 4.88. The smallest absolute Gasteiger partial charge is 0.416 e. The maximum atomic E-state index is 11.1. The Hall–Kier alpha value is -2.85. The van der Waals surface area contributed by atoms with Crippen molar-refractivity contribution in [2.24, 2.45) is 4.99 Å². The van der Waals surface area contributed by atoms with Gasteiger partial charge in [-0.05, 0) is 12.1 Å². The third kappa shape index (κ3) is 2.38. The van der Waals surface area contributed by atoms with E-state index in [0.29, 0.717) is 23.3 Å². The van der Waals surface area contributed by atoms with Gasteiger partial charge < -0.3 is 9.84 Å². The summed E-state index contributed by atoms with van der Waals surface area (Å²) in [5, 5.41) is 9.64. The molecule has 0 aliphatic carbocycles. The fourth-order valence-electron chi connectivity index (χ4n) is 1.73. The van der Waals surface area contributed by atoms with Crippen molar-refractivity contribution in [1.29, 1.82) is 0 Å². The van der Waals surface area contributed by atoms with Gasteiger partial charge in [-0.3, -0.25) is 4.57 Å². The molecule has 96 valence electrons. The van der Waals surface area contributed by atoms with Gasteiger partial charge in [-0.25, -0.2) is 9.59 Å². The van der Waals surface area contributed by atoms with Crippen molar-refractivity contribution in [3.8, 4) is 5.75 Å². The summed E-state index contributed by atoms with van der Waals surface area (Å²) >= 11 is 0. The number of carbonyl (C=O) groups is 1. The first-order chi connectivity index (χ1) is 9.17. The van der Waals surface area contributed by atoms with Gasteiger partial charge in [-0.1, -0.05) is 12.7 Å². The van der Waals surface area contributed by atoms with Gasteiger partial charge in [0, 0.05) is 17.6 Å². The zero-order chi connectivity index (χ0) is 13.8. The Morgan fingerprint density at radius 3 is 3.00 bits per heavy atom. The van der Waals surface area contributed by atoms with Gasteiger partial charge in [0.15, 0.2) is 0 Å². The van der Waals surface area contributed by atoms with Crippen LogP contribution in [0.5, 0.6) is 5.75 Å². The molecule has 0 aliphatic rings. The molecule has 1 N–H and O–H groups in total. The van der Waals surface area contributed by atoms with Crippen molar-refractivity contribution >= 4 is 28.8 Å². The fraction of sp³-hybridized carbons (Fsp3) is 0.0769. The molecule has 1 aromatic carbocycles. The van der Waals surface area contributed by atoms with E-state index in [1.165, 1.54) is 12.3 Å². The van der Waals surface area contributed by atoms with E-state index in [1.54, 1.807) is 24.3 Å². The van der Waals surface area contributed by atoms with Gasteiger partial charge in [0.2, 0.25) is 6.08 Å². The number of rotatable bonds is 4. The predicted octanol–water partition coefficient (Wildman–Crippen LogP) is 2.70. The topological polar surface area (TPSA) is 80.9 Å². The van der Waals surface area contributed by atoms with Crippen LogP contribution in [-0.4, -0.2) is 28.5 Å². The summed E-state index contributed by atoms with van der Waals surface area (Å²) in [5.74, 6) is 0.509. The van der Waals surface area contributed by atoms with E-state index in [9.17, 15) is 9.59 Å². The molecule has 0 saturated heterocycles. The first kappa shape index (κ1) is 12.6. The molecular weight excluding hydrogens is 248 g/mol. The number of carbonyl (C=O) groups excluding carboxylic acids is 1. The first-order valence-corrected chi connectivity index (χ1v) is 5.37. The van der Waals surface area contributed by atoms with Crippen LogP contribution in [0.25, 0.3) is 10.9 Å². The van der Waals surface area contributed by atoms with Gasteiger partial charge in [0.1, 0.15) is 18.0 Å². The van der Waals surface area contributed by atoms with Crippen LogP contribution in [0.3, 0.4) is 0 Å². The lowest BCUT2D eigenvalue weighted by atomic mass is 10.2. The van der Waals surface area contributed by atoms with E-state index in [-0.39, 0.29) is 5.69 Å². The standard InChI is InChI=1S/C13H10N2O4/c1-2-5-19-9-3-4-10-11(14-8-16)7-15(13(17)18)12(10)6-9/h2-4,6-7H,1,5H2,(H,17,18). The van der Waals surface area contributed by atoms with E-state index in [1.807, 2.05) is 0 Å². The van der Waals surface area contributed by atoms with Crippen LogP contribution in [0.15, 0.2) is 42.0 Å². The third-order valence-electron chi connectivity index (χ3n) is 2.50. The lowest BCUT2D eigenvalue weighted by Gasteiger charge is -2.04. The SMILES string of the molecule is C=CCOc1ccc2c(N=C=O)cn(C(=O)O)c2c1. The zero-order valence-corrected chi connectivity index (χ0v) is 9.87. The van der Waals surface area contributed by atoms with Crippen LogP contribution in [0.4, 0.5) is 10.5 Å². The number of aromatic nitrogens is 1. The normalized spacial score (nSPS) is 9.89. The number of nitrogens with zero attached hydrogens (tertiary/aromatic N) is 2. The first-order valence-electron chi connectivity index (χ1n) is 5.37. The Balaban J connectivity index is 2.61. The lowest BCUT2D eigenvalue weighted by Crippen LogP contribution is -2.05. The van der Waals surface area contributed by atoms with E-state index < -0.39 is 6.09 Å². The Kier molecular flexibility index (Phi) is 3.45. The van der Waals surface area contributed by atoms with E-state index in [0.717, 1.165) is 4.57 Å². The minimum atomic E-state index is -1.17. The van der Waals surface area contributed by atoms with Crippen molar-refractivity contribution in [3.63, 3.8) is 0 Å². The molecule has 0 aliphatic heterocycles. The number of aliphatic imine (C=N–C) groups is 1. The molecular formula is C13H10N2O4. The van der Waals surface area contributed by atoms with Crippen molar-refractivity contribution in [3.05, 3.63) is 37.1 Å². The molecule has 0 bridgehead atoms. The average molecular weight is 258 g/mol. The maximum absolute atomic E-state index is 11.1. The average Bonchev–Trinajstić information content (AvgIpc) is 2.75. The monoisotopic (exact) mass is 258 g/mol. The second kappa shape index (κ2) is 5.20. The number of isocyanates is 1. The molecule has 2 rings (SSSR count). The van der Waals surface area contributed by atoms with Gasteiger partial charge in [0.25, 0.3) is 0 Å². The highest BCUT2D eigenvalue weighted by molar-refractivity contribution is 5.98. The summed E-state index contributed by atoms with van der Waals surface area (Å²) in [6.45, 7) is 3.85. The summed E-state index contributed by atoms with van der Waals surface area (Å²) in [6.07, 6.45) is 3.08. The maximum Gasteiger partial charge on any atom is 0.416 e. The Morgan fingerprint density at radius 1 is 1.58 bits per heavy atom. The summed E-state index contributed by atoms with van der Waals surface area (Å²) in [4.78, 5) is 24.9. The molecule has 0 atom stereocenters. The Morgan fingerprint density at radius 2 is 2.37 bits per heavy atom. The molecule has 0 amide bonds. The van der Waals surface area contributed by atoms with Gasteiger partial charge >= 0.3 is 6.09 Å². The van der Waals surface area contributed by atoms with Crippen LogP contribution in [-0.2, 0) is 4.79 Å². The molecule has 1 aromatic heterocycles. The molecule has 0 unspecified atom stereocenters. The Labute approximate surface area is 108 Å². The van der Waals surface area contributed by atoms with Crippen molar-refractivity contribution in [2.45, 2.75) is 0 Å². The van der Waals surface area contributed by atoms with Crippen LogP contribution in [0.1, 0.15) is 0 Å². The molecule has 0 radical (unpaired) electrons. The van der Waals surface area contributed by atoms with Crippen molar-refractivity contribution in [1.82, 2.24) is 4.57 Å². The summed E-state index contributed by atoms with van der Waals surface area (Å²) in [7, 11) is 0. The molecule has 1 heterocycles. The summed E-state index contributed by atoms with van der Waals surface area (Å²) < 4.78 is 6.31. The van der Waals surface area contributed by atoms with Crippen molar-refractivity contribution in [2.75, 3.05) is 6.61 Å². The van der Waals surface area contributed by atoms with Gasteiger partial charge in [-0.2, -0.15) is 4.99 Å². The predicted molar refractivity (Wildman–Crippen MR) is 68.8 cm³/mol. The van der Waals surface area contributed by atoms with Crippen LogP contribution in [0, 0.1) is 0 Å². The highest BCUT2D eigenvalue weighted by Gasteiger charge is 2.13. The number of ether oxygens (including phenoxy) is 1. The van der Waals surface area contributed by atoms with E-state index >= 15 is 0 Å². The van der Waals surface area contributed by atoms with Crippen LogP contribution < -0.4 is 4.74 Å². The third-order valence-corrected chi connectivity index (χ3v) is 2.50. The molecule has 19 heavy (non-hydrogen) atoms. The fourth-order valence-corrected chi connectivity index (χ4v) is 1.73. The minimum Gasteiger partial charge on any atom is -0.489 e. The zero-order valence-electron chi connectivity index (χ0n) is 9.87. The number of hydrogen-bond donors (Lipinski definition) is 1. The number of hydrogen-bond acceptors (Lipinski definition) is 4. The molecule has 0 saturated carbocycles. The lowest BCUT2D eigenvalue weighted by molar-refractivity contribution is 0.197. The minimum absolute atomic E-state index is 0.252. The van der Waals surface area contributed by atoms with Crippen molar-refractivity contribution < 1.29 is 19.4 Å². The second-order valence-corrected chi connectivity index (χ2v) is 3.65. The number of fused-ring (bicyclic) bond motifs is 1. The molecule has 6 nitrogen and oxygen atoms in total. The molecule has 0 fully saturated rings.